The van der Waals surface area contributed by atoms with Gasteiger partial charge in [0, 0.05) is 48.5 Å². The van der Waals surface area contributed by atoms with E-state index < -0.39 is 0 Å². The molecule has 2 aromatic rings. The molecule has 3 rings (SSSR count). The Morgan fingerprint density at radius 2 is 0.442 bits per heavy atom. The first-order valence-electron chi connectivity index (χ1n) is 51.1. The Bertz CT molecular complexity index is 2380. The maximum Gasteiger partial charge on any atom is 2.00 e. The molecule has 0 aliphatic carbocycles. The summed E-state index contributed by atoms with van der Waals surface area (Å²) in [6.07, 6.45) is 116. The van der Waals surface area contributed by atoms with E-state index in [9.17, 15) is 5.53 Å². The molecule has 1 aliphatic rings. The molecule has 0 spiro atoms. The molecule has 0 aromatic heterocycles. The number of nitrogens with zero attached hydrogens (tertiary/aromatic N) is 2. The van der Waals surface area contributed by atoms with E-state index in [1.165, 1.54) is 484 Å². The van der Waals surface area contributed by atoms with Crippen molar-refractivity contribution in [2.24, 2.45) is 0 Å². The molecule has 0 bridgehead atoms. The van der Waals surface area contributed by atoms with Gasteiger partial charge in [-0.1, -0.05) is 527 Å². The zero-order valence-electron chi connectivity index (χ0n) is 77.0. The zero-order chi connectivity index (χ0) is 80.5. The number of hydrogen-bond donors (Lipinski definition) is 0. The van der Waals surface area contributed by atoms with E-state index >= 15 is 0 Å². The maximum absolute atomic E-state index is 12.0. The second-order valence-corrected chi connectivity index (χ2v) is 35.1. The predicted molar refractivity (Wildman–Crippen MR) is 507 cm³/mol. The SMILES string of the molecule is CCCCCCCCCCCCCCCCCCCCCC#CCCc1ccccc1C1=CC(CCCC)=C(c2ccccc2CCC#CCCCCCCCCCCCCCCCCCCCCC)[N+]1=[N-].[CH2-]CCCCCCCCCCCCCCCCCCC.[CH2-]CCCCCCCCCCCCCCCCCCC.[Ni+2]. The van der Waals surface area contributed by atoms with Gasteiger partial charge in [0.1, 0.15) is 0 Å². The third-order valence-electron chi connectivity index (χ3n) is 24.2. The molecule has 1 heterocycles. The van der Waals surface area contributed by atoms with Crippen LogP contribution in [0.15, 0.2) is 60.2 Å². The summed E-state index contributed by atoms with van der Waals surface area (Å²) in [5.74, 6) is 14.0. The molecule has 3 heteroatoms. The summed E-state index contributed by atoms with van der Waals surface area (Å²) in [5, 5.41) is 0. The smallest absolute Gasteiger partial charge is 0.493 e. The number of benzene rings is 2. The van der Waals surface area contributed by atoms with Crippen LogP contribution in [0.25, 0.3) is 16.9 Å². The van der Waals surface area contributed by atoms with E-state index in [2.05, 4.69) is 127 Å². The minimum Gasteiger partial charge on any atom is -0.493 e. The largest absolute Gasteiger partial charge is 2.00 e. The van der Waals surface area contributed by atoms with Crippen molar-refractivity contribution in [3.63, 3.8) is 0 Å². The van der Waals surface area contributed by atoms with Crippen LogP contribution >= 0.6 is 0 Å². The van der Waals surface area contributed by atoms with Gasteiger partial charge in [-0.3, -0.25) is 0 Å². The molecule has 0 radical (unpaired) electrons. The van der Waals surface area contributed by atoms with Crippen molar-refractivity contribution in [2.75, 3.05) is 0 Å². The van der Waals surface area contributed by atoms with Gasteiger partial charge in [0.25, 0.3) is 0 Å². The Balaban J connectivity index is 0.00000248. The van der Waals surface area contributed by atoms with E-state index in [0.717, 1.165) is 93.2 Å². The van der Waals surface area contributed by atoms with Crippen molar-refractivity contribution >= 4 is 11.4 Å². The number of aryl methyl sites for hydroxylation is 2. The van der Waals surface area contributed by atoms with Crippen LogP contribution in [0.5, 0.6) is 0 Å². The minimum atomic E-state index is 0. The number of hydrogen-bond acceptors (Lipinski definition) is 0. The van der Waals surface area contributed by atoms with Gasteiger partial charge in [0.05, 0.1) is 0 Å². The Morgan fingerprint density at radius 1 is 0.239 bits per heavy atom. The Morgan fingerprint density at radius 3 is 0.690 bits per heavy atom. The molecular formula is C110H194N2Ni. The fourth-order valence-electron chi connectivity index (χ4n) is 16.7. The van der Waals surface area contributed by atoms with Gasteiger partial charge in [0.2, 0.25) is 11.4 Å². The summed E-state index contributed by atoms with van der Waals surface area (Å²) < 4.78 is 1.50. The van der Waals surface area contributed by atoms with Crippen LogP contribution in [-0.2, 0) is 29.3 Å². The third kappa shape index (κ3) is 72.8. The van der Waals surface area contributed by atoms with Gasteiger partial charge in [-0.2, -0.15) is 12.8 Å². The van der Waals surface area contributed by atoms with E-state index in [-0.39, 0.29) is 16.5 Å². The van der Waals surface area contributed by atoms with Crippen molar-refractivity contribution < 1.29 is 21.2 Å². The van der Waals surface area contributed by atoms with Gasteiger partial charge in [-0.05, 0) is 61.8 Å². The molecule has 0 saturated carbocycles. The van der Waals surface area contributed by atoms with E-state index in [1.54, 1.807) is 0 Å². The van der Waals surface area contributed by atoms with Crippen LogP contribution in [-0.4, -0.2) is 4.70 Å². The Kier molecular flexibility index (Phi) is 90.6. The van der Waals surface area contributed by atoms with Crippen LogP contribution in [0.4, 0.5) is 0 Å². The van der Waals surface area contributed by atoms with Crippen molar-refractivity contribution in [2.45, 2.75) is 568 Å². The molecule has 0 saturated heterocycles. The predicted octanol–water partition coefficient (Wildman–Crippen LogP) is 38.9. The maximum atomic E-state index is 12.0. The first kappa shape index (κ1) is 110. The van der Waals surface area contributed by atoms with Gasteiger partial charge >= 0.3 is 16.5 Å². The summed E-state index contributed by atoms with van der Waals surface area (Å²) in [7, 11) is 0. The normalized spacial score (nSPS) is 11.8. The summed E-state index contributed by atoms with van der Waals surface area (Å²) >= 11 is 0. The molecule has 0 N–H and O–H groups in total. The van der Waals surface area contributed by atoms with Crippen molar-refractivity contribution in [3.05, 3.63) is 102 Å². The second kappa shape index (κ2) is 93.0. The standard InChI is InChI=1S/C70H112N2.2C20H41.Ni/c1-4-7-10-12-14-16-18-20-22-24-26-28-30-32-34-36-38-40-42-44-46-48-50-57-64-59-52-54-61-67(64)69-63-66(56-9-6-3)70(72(69)71)68-62-55-53-60-65(68)58-51-49-47-45-43-41-39-37-35-33-31-29-27-25-23-21-19-17-15-13-11-8-5-2;2*1-3-5-7-9-11-13-15-17-19-20-18-16-14-12-10-8-6-4-2;/h52-55,59-63H,4-45,50-51,56-58H2,1-3H3;2*1,3-20H2,2H3;/q;2*-1;+2. The number of unbranched alkanes of at least 4 members (excludes halogenated alkanes) is 73. The van der Waals surface area contributed by atoms with Crippen molar-refractivity contribution in [1.29, 1.82) is 0 Å². The molecule has 2 nitrogen and oxygen atoms in total. The van der Waals surface area contributed by atoms with Gasteiger partial charge in [0.15, 0.2) is 0 Å². The molecule has 654 valence electrons. The Hall–Kier alpha value is -2.87. The van der Waals surface area contributed by atoms with Crippen LogP contribution in [0.3, 0.4) is 0 Å². The Labute approximate surface area is 720 Å². The zero-order valence-corrected chi connectivity index (χ0v) is 78.0. The van der Waals surface area contributed by atoms with Crippen LogP contribution in [0.1, 0.15) is 577 Å². The molecule has 0 atom stereocenters. The van der Waals surface area contributed by atoms with E-state index in [0.29, 0.717) is 0 Å². The van der Waals surface area contributed by atoms with E-state index in [4.69, 9.17) is 0 Å². The molecular weight excluding hydrogens is 1410 g/mol. The van der Waals surface area contributed by atoms with E-state index in [1.807, 2.05) is 0 Å². The van der Waals surface area contributed by atoms with Crippen LogP contribution in [0, 0.1) is 37.5 Å². The van der Waals surface area contributed by atoms with Crippen molar-refractivity contribution in [3.8, 4) is 23.7 Å². The van der Waals surface area contributed by atoms with Gasteiger partial charge in [-0.25, -0.2) is 4.70 Å². The summed E-state index contributed by atoms with van der Waals surface area (Å²) in [4.78, 5) is 0. The molecule has 1 aliphatic heterocycles. The average molecular weight is 1600 g/mol. The molecule has 2 aromatic carbocycles. The first-order chi connectivity index (χ1) is 55.5. The molecule has 113 heavy (non-hydrogen) atoms. The topological polar surface area (TPSA) is 25.3 Å². The summed E-state index contributed by atoms with van der Waals surface area (Å²) in [6.45, 7) is 19.2. The first-order valence-corrected chi connectivity index (χ1v) is 51.1. The monoisotopic (exact) mass is 1600 g/mol. The van der Waals surface area contributed by atoms with Crippen LogP contribution in [0.2, 0.25) is 0 Å². The van der Waals surface area contributed by atoms with Crippen LogP contribution < -0.4 is 0 Å². The van der Waals surface area contributed by atoms with Crippen molar-refractivity contribution in [1.82, 2.24) is 0 Å². The third-order valence-corrected chi connectivity index (χ3v) is 24.2. The average Bonchev–Trinajstić information content (AvgIpc) is 1.63. The molecule has 0 unspecified atom stereocenters. The second-order valence-electron chi connectivity index (χ2n) is 35.1. The van der Waals surface area contributed by atoms with Gasteiger partial charge < -0.3 is 19.4 Å². The van der Waals surface area contributed by atoms with Gasteiger partial charge in [-0.15, -0.1) is 23.7 Å². The quantitative estimate of drug-likeness (QED) is 0.0207. The fraction of sp³-hybridized carbons (Fsp3) is 0.800. The molecule has 0 amide bonds. The number of rotatable bonds is 81. The minimum absolute atomic E-state index is 0. The fourth-order valence-corrected chi connectivity index (χ4v) is 16.7. The molecule has 0 fully saturated rings. The summed E-state index contributed by atoms with van der Waals surface area (Å²) in [6, 6.07) is 17.3. The summed E-state index contributed by atoms with van der Waals surface area (Å²) in [5.41, 5.74) is 19.9. The number of allylic oxidation sites excluding steroid dienone is 2.